The molecule has 0 heterocycles. The van der Waals surface area contributed by atoms with Gasteiger partial charge in [0.2, 0.25) is 0 Å². The number of halogens is 2. The summed E-state index contributed by atoms with van der Waals surface area (Å²) in [4.78, 5) is 0. The highest BCUT2D eigenvalue weighted by Gasteiger charge is 1.89. The lowest BCUT2D eigenvalue weighted by Gasteiger charge is -1.94. The first-order chi connectivity index (χ1) is 5.54. The van der Waals surface area contributed by atoms with E-state index in [9.17, 15) is 0 Å². The average Bonchev–Trinajstić information content (AvgIpc) is 1.87. The van der Waals surface area contributed by atoms with Crippen molar-refractivity contribution < 1.29 is 20.4 Å². The van der Waals surface area contributed by atoms with Gasteiger partial charge in [-0.05, 0) is 12.8 Å². The van der Waals surface area contributed by atoms with Crippen molar-refractivity contribution in [2.75, 3.05) is 0 Å². The zero-order valence-corrected chi connectivity index (χ0v) is 10.2. The lowest BCUT2D eigenvalue weighted by atomic mass is 10.3. The van der Waals surface area contributed by atoms with E-state index in [-0.39, 0.29) is 24.8 Å². The van der Waals surface area contributed by atoms with Crippen LogP contribution in [0, 0.1) is 0 Å². The zero-order chi connectivity index (χ0) is 9.98. The maximum absolute atomic E-state index is 8.11. The van der Waals surface area contributed by atoms with E-state index in [1.54, 1.807) is 0 Å². The van der Waals surface area contributed by atoms with Crippen LogP contribution < -0.4 is 0 Å². The Morgan fingerprint density at radius 2 is 0.929 bits per heavy atom. The molecule has 0 atom stereocenters. The fraction of sp³-hybridized carbons (Fsp3) is 1.00. The standard InChI is InChI=1S/2C4H10O2.2ClH/c2*1-2-3-4(5)6;;/h2*4-6H,2-3H2,1H3;2*1H. The van der Waals surface area contributed by atoms with Gasteiger partial charge < -0.3 is 20.4 Å². The van der Waals surface area contributed by atoms with Gasteiger partial charge in [0.05, 0.1) is 0 Å². The van der Waals surface area contributed by atoms with Gasteiger partial charge >= 0.3 is 0 Å². The summed E-state index contributed by atoms with van der Waals surface area (Å²) >= 11 is 0. The molecule has 0 aromatic heterocycles. The summed E-state index contributed by atoms with van der Waals surface area (Å²) in [7, 11) is 0. The molecule has 6 heteroatoms. The lowest BCUT2D eigenvalue weighted by molar-refractivity contribution is -0.0460. The van der Waals surface area contributed by atoms with Crippen LogP contribution in [0.3, 0.4) is 0 Å². The van der Waals surface area contributed by atoms with Crippen LogP contribution in [-0.2, 0) is 0 Å². The normalized spacial score (nSPS) is 8.57. The highest BCUT2D eigenvalue weighted by molar-refractivity contribution is 5.85. The molecule has 14 heavy (non-hydrogen) atoms. The Morgan fingerprint density at radius 1 is 0.714 bits per heavy atom. The van der Waals surface area contributed by atoms with Crippen LogP contribution in [-0.4, -0.2) is 33.0 Å². The van der Waals surface area contributed by atoms with E-state index >= 15 is 0 Å². The monoisotopic (exact) mass is 252 g/mol. The molecule has 0 aliphatic rings. The molecule has 0 fully saturated rings. The Morgan fingerprint density at radius 3 is 0.929 bits per heavy atom. The second-order valence-electron chi connectivity index (χ2n) is 2.54. The molecule has 0 aliphatic carbocycles. The predicted octanol–water partition coefficient (Wildman–Crippen LogP) is 1.04. The highest BCUT2D eigenvalue weighted by Crippen LogP contribution is 1.88. The topological polar surface area (TPSA) is 80.9 Å². The van der Waals surface area contributed by atoms with E-state index in [0.29, 0.717) is 12.8 Å². The van der Waals surface area contributed by atoms with Gasteiger partial charge in [-0.3, -0.25) is 0 Å². The first-order valence-corrected chi connectivity index (χ1v) is 4.26. The van der Waals surface area contributed by atoms with Gasteiger partial charge in [-0.25, -0.2) is 0 Å². The molecule has 0 amide bonds. The summed E-state index contributed by atoms with van der Waals surface area (Å²) in [5, 5.41) is 32.4. The van der Waals surface area contributed by atoms with E-state index in [0.717, 1.165) is 12.8 Å². The molecule has 0 saturated carbocycles. The fourth-order valence-electron chi connectivity index (χ4n) is 0.516. The summed E-state index contributed by atoms with van der Waals surface area (Å²) < 4.78 is 0. The highest BCUT2D eigenvalue weighted by atomic mass is 35.5. The van der Waals surface area contributed by atoms with Crippen LogP contribution in [0.4, 0.5) is 0 Å². The molecule has 0 aromatic rings. The van der Waals surface area contributed by atoms with Gasteiger partial charge in [0.25, 0.3) is 0 Å². The molecule has 4 N–H and O–H groups in total. The largest absolute Gasteiger partial charge is 0.368 e. The van der Waals surface area contributed by atoms with Gasteiger partial charge in [-0.15, -0.1) is 24.8 Å². The molecule has 0 radical (unpaired) electrons. The third-order valence-corrected chi connectivity index (χ3v) is 1.09. The smallest absolute Gasteiger partial charge is 0.151 e. The van der Waals surface area contributed by atoms with Gasteiger partial charge in [-0.1, -0.05) is 26.7 Å². The van der Waals surface area contributed by atoms with Crippen LogP contribution in [0.15, 0.2) is 0 Å². The Kier molecular flexibility index (Phi) is 32.6. The van der Waals surface area contributed by atoms with Crippen molar-refractivity contribution in [2.45, 2.75) is 52.1 Å². The summed E-state index contributed by atoms with van der Waals surface area (Å²) in [5.74, 6) is 0. The number of aliphatic hydroxyl groups excluding tert-OH is 2. The minimum Gasteiger partial charge on any atom is -0.368 e. The maximum atomic E-state index is 8.11. The van der Waals surface area contributed by atoms with Crippen molar-refractivity contribution in [3.05, 3.63) is 0 Å². The van der Waals surface area contributed by atoms with Crippen molar-refractivity contribution in [1.29, 1.82) is 0 Å². The molecule has 0 spiro atoms. The summed E-state index contributed by atoms with van der Waals surface area (Å²) in [6.07, 6.45) is 0.431. The van der Waals surface area contributed by atoms with Crippen LogP contribution in [0.1, 0.15) is 39.5 Å². The maximum Gasteiger partial charge on any atom is 0.151 e. The van der Waals surface area contributed by atoms with Crippen molar-refractivity contribution in [3.8, 4) is 0 Å². The van der Waals surface area contributed by atoms with Crippen LogP contribution in [0.5, 0.6) is 0 Å². The van der Waals surface area contributed by atoms with E-state index in [1.165, 1.54) is 0 Å². The lowest BCUT2D eigenvalue weighted by Crippen LogP contribution is -2.01. The first kappa shape index (κ1) is 23.9. The average molecular weight is 253 g/mol. The molecule has 0 aliphatic heterocycles. The summed E-state index contributed by atoms with van der Waals surface area (Å²) in [5.41, 5.74) is 0. The predicted molar refractivity (Wildman–Crippen MR) is 60.8 cm³/mol. The van der Waals surface area contributed by atoms with Gasteiger partial charge in [-0.2, -0.15) is 0 Å². The SMILES string of the molecule is CCCC(O)O.CCCC(O)O.Cl.Cl. The molecule has 0 bridgehead atoms. The van der Waals surface area contributed by atoms with E-state index < -0.39 is 12.6 Å². The first-order valence-electron chi connectivity index (χ1n) is 4.26. The fourth-order valence-corrected chi connectivity index (χ4v) is 0.516. The number of hydrogen-bond donors (Lipinski definition) is 4. The van der Waals surface area contributed by atoms with Gasteiger partial charge in [0.15, 0.2) is 12.6 Å². The van der Waals surface area contributed by atoms with Crippen molar-refractivity contribution in [2.24, 2.45) is 0 Å². The second kappa shape index (κ2) is 19.1. The van der Waals surface area contributed by atoms with Gasteiger partial charge in [0.1, 0.15) is 0 Å². The summed E-state index contributed by atoms with van der Waals surface area (Å²) in [6.45, 7) is 3.80. The Bertz CT molecular complexity index is 71.7. The molecule has 92 valence electrons. The van der Waals surface area contributed by atoms with Gasteiger partial charge in [0, 0.05) is 0 Å². The van der Waals surface area contributed by atoms with E-state index in [4.69, 9.17) is 20.4 Å². The molecular weight excluding hydrogens is 231 g/mol. The molecular formula is C8H22Cl2O4. The quantitative estimate of drug-likeness (QED) is 0.564. The number of aliphatic hydroxyl groups is 4. The van der Waals surface area contributed by atoms with E-state index in [2.05, 4.69) is 0 Å². The molecule has 0 unspecified atom stereocenters. The molecule has 0 rings (SSSR count). The number of rotatable bonds is 4. The Balaban J connectivity index is -0.0000000625. The zero-order valence-electron chi connectivity index (χ0n) is 8.59. The summed E-state index contributed by atoms with van der Waals surface area (Å²) in [6, 6.07) is 0. The van der Waals surface area contributed by atoms with Crippen LogP contribution in [0.2, 0.25) is 0 Å². The second-order valence-corrected chi connectivity index (χ2v) is 2.54. The van der Waals surface area contributed by atoms with Crippen LogP contribution in [0.25, 0.3) is 0 Å². The third-order valence-electron chi connectivity index (χ3n) is 1.09. The Hall–Kier alpha value is 0.420. The van der Waals surface area contributed by atoms with E-state index in [1.807, 2.05) is 13.8 Å². The van der Waals surface area contributed by atoms with Crippen LogP contribution >= 0.6 is 24.8 Å². The molecule has 0 aromatic carbocycles. The third kappa shape index (κ3) is 39.3. The molecule has 4 nitrogen and oxygen atoms in total. The Labute approximate surface area is 97.8 Å². The minimum atomic E-state index is -1.10. The van der Waals surface area contributed by atoms with Crippen molar-refractivity contribution in [1.82, 2.24) is 0 Å². The van der Waals surface area contributed by atoms with Crippen molar-refractivity contribution >= 4 is 24.8 Å². The molecule has 0 saturated heterocycles. The number of hydrogen-bond acceptors (Lipinski definition) is 4. The minimum absolute atomic E-state index is 0. The van der Waals surface area contributed by atoms with Crippen molar-refractivity contribution in [3.63, 3.8) is 0 Å².